The Balaban J connectivity index is 1.49. The maximum Gasteiger partial charge on any atom is 0.412 e. The SMILES string of the molecule is CC1(C)OC(=O)Nc2c(Cl)cc(OCCCCSc3ccc(Cl)cc3)cc21. The number of hydrogen-bond donors (Lipinski definition) is 1. The van der Waals surface area contributed by atoms with Crippen molar-refractivity contribution < 1.29 is 14.3 Å². The van der Waals surface area contributed by atoms with Crippen LogP contribution in [0.1, 0.15) is 32.3 Å². The van der Waals surface area contributed by atoms with Crippen LogP contribution in [0, 0.1) is 0 Å². The first-order valence-corrected chi connectivity index (χ1v) is 10.4. The van der Waals surface area contributed by atoms with Gasteiger partial charge in [-0.3, -0.25) is 5.32 Å². The lowest BCUT2D eigenvalue weighted by atomic mass is 9.94. The molecule has 0 aromatic heterocycles. The lowest BCUT2D eigenvalue weighted by Crippen LogP contribution is -2.34. The van der Waals surface area contributed by atoms with Crippen LogP contribution in [-0.4, -0.2) is 18.5 Å². The van der Waals surface area contributed by atoms with Gasteiger partial charge in [0.2, 0.25) is 0 Å². The number of benzene rings is 2. The van der Waals surface area contributed by atoms with Crippen molar-refractivity contribution in [1.29, 1.82) is 0 Å². The van der Waals surface area contributed by atoms with Crippen molar-refractivity contribution in [2.75, 3.05) is 17.7 Å². The van der Waals surface area contributed by atoms with Crippen LogP contribution in [0.2, 0.25) is 10.0 Å². The molecule has 0 saturated heterocycles. The molecule has 1 heterocycles. The molecule has 144 valence electrons. The topological polar surface area (TPSA) is 47.6 Å². The standard InChI is InChI=1S/C20H21Cl2NO3S/c1-20(2)16-11-14(12-17(22)18(16)23-19(24)26-20)25-9-3-4-10-27-15-7-5-13(21)6-8-15/h5-8,11-12H,3-4,9-10H2,1-2H3,(H,23,24). The second-order valence-corrected chi connectivity index (χ2v) is 8.72. The molecular weight excluding hydrogens is 405 g/mol. The smallest absolute Gasteiger partial charge is 0.412 e. The molecule has 0 bridgehead atoms. The number of carbonyl (C=O) groups excluding carboxylic acids is 1. The third-order valence-electron chi connectivity index (χ3n) is 4.18. The molecule has 0 radical (unpaired) electrons. The van der Waals surface area contributed by atoms with Crippen molar-refractivity contribution in [2.24, 2.45) is 0 Å². The van der Waals surface area contributed by atoms with Crippen LogP contribution < -0.4 is 10.1 Å². The number of fused-ring (bicyclic) bond motifs is 1. The minimum atomic E-state index is -0.754. The monoisotopic (exact) mass is 425 g/mol. The average Bonchev–Trinajstić information content (AvgIpc) is 2.60. The Morgan fingerprint density at radius 3 is 2.63 bits per heavy atom. The van der Waals surface area contributed by atoms with Crippen LogP contribution in [0.5, 0.6) is 5.75 Å². The zero-order valence-corrected chi connectivity index (χ0v) is 17.5. The molecule has 7 heteroatoms. The number of rotatable bonds is 7. The predicted molar refractivity (Wildman–Crippen MR) is 111 cm³/mol. The fourth-order valence-electron chi connectivity index (χ4n) is 2.80. The molecule has 1 aliphatic rings. The normalized spacial score (nSPS) is 14.9. The van der Waals surface area contributed by atoms with Gasteiger partial charge in [-0.2, -0.15) is 0 Å². The summed E-state index contributed by atoms with van der Waals surface area (Å²) in [7, 11) is 0. The summed E-state index contributed by atoms with van der Waals surface area (Å²) in [5.74, 6) is 1.69. The summed E-state index contributed by atoms with van der Waals surface area (Å²) in [4.78, 5) is 12.9. The van der Waals surface area contributed by atoms with E-state index in [2.05, 4.69) is 5.32 Å². The lowest BCUT2D eigenvalue weighted by molar-refractivity contribution is 0.0418. The number of cyclic esters (lactones) is 1. The Bertz CT molecular complexity index is 825. The Morgan fingerprint density at radius 2 is 1.89 bits per heavy atom. The summed E-state index contributed by atoms with van der Waals surface area (Å²) < 4.78 is 11.2. The molecular formula is C20H21Cl2NO3S. The number of nitrogens with one attached hydrogen (secondary N) is 1. The van der Waals surface area contributed by atoms with Gasteiger partial charge < -0.3 is 9.47 Å². The second kappa shape index (κ2) is 8.63. The minimum Gasteiger partial charge on any atom is -0.494 e. The first-order chi connectivity index (χ1) is 12.8. The highest BCUT2D eigenvalue weighted by Crippen LogP contribution is 2.42. The van der Waals surface area contributed by atoms with Gasteiger partial charge in [-0.05, 0) is 62.8 Å². The van der Waals surface area contributed by atoms with Crippen molar-refractivity contribution in [2.45, 2.75) is 37.2 Å². The Labute approximate surface area is 173 Å². The summed E-state index contributed by atoms with van der Waals surface area (Å²) in [6.45, 7) is 4.27. The number of amides is 1. The van der Waals surface area contributed by atoms with Crippen molar-refractivity contribution in [3.05, 3.63) is 52.0 Å². The molecule has 0 spiro atoms. The van der Waals surface area contributed by atoms with E-state index >= 15 is 0 Å². The highest BCUT2D eigenvalue weighted by atomic mass is 35.5. The summed E-state index contributed by atoms with van der Waals surface area (Å²) in [6, 6.07) is 11.5. The number of ether oxygens (including phenoxy) is 2. The molecule has 0 atom stereocenters. The molecule has 1 aliphatic heterocycles. The molecule has 0 aliphatic carbocycles. The third kappa shape index (κ3) is 5.24. The molecule has 3 rings (SSSR count). The van der Waals surface area contributed by atoms with Crippen LogP contribution >= 0.6 is 35.0 Å². The third-order valence-corrected chi connectivity index (χ3v) is 5.83. The van der Waals surface area contributed by atoms with E-state index in [-0.39, 0.29) is 0 Å². The maximum absolute atomic E-state index is 11.6. The van der Waals surface area contributed by atoms with E-state index in [4.69, 9.17) is 32.7 Å². The van der Waals surface area contributed by atoms with Crippen LogP contribution in [0.25, 0.3) is 0 Å². The first-order valence-electron chi connectivity index (χ1n) is 8.70. The van der Waals surface area contributed by atoms with Crippen molar-refractivity contribution >= 4 is 46.7 Å². The molecule has 0 saturated carbocycles. The van der Waals surface area contributed by atoms with Crippen LogP contribution in [-0.2, 0) is 10.3 Å². The van der Waals surface area contributed by atoms with Gasteiger partial charge in [-0.25, -0.2) is 4.79 Å². The number of unbranched alkanes of at least 4 members (excludes halogenated alkanes) is 1. The van der Waals surface area contributed by atoms with Gasteiger partial charge in [-0.15, -0.1) is 11.8 Å². The molecule has 2 aromatic rings. The molecule has 1 amide bonds. The number of hydrogen-bond acceptors (Lipinski definition) is 4. The van der Waals surface area contributed by atoms with Gasteiger partial charge in [0.1, 0.15) is 11.4 Å². The minimum absolute atomic E-state index is 0.450. The van der Waals surface area contributed by atoms with Crippen LogP contribution in [0.3, 0.4) is 0 Å². The van der Waals surface area contributed by atoms with Crippen molar-refractivity contribution in [1.82, 2.24) is 0 Å². The van der Waals surface area contributed by atoms with E-state index in [0.717, 1.165) is 29.2 Å². The van der Waals surface area contributed by atoms with Crippen LogP contribution in [0.4, 0.5) is 10.5 Å². The Morgan fingerprint density at radius 1 is 1.15 bits per heavy atom. The molecule has 27 heavy (non-hydrogen) atoms. The second-order valence-electron chi connectivity index (χ2n) is 6.71. The zero-order valence-electron chi connectivity index (χ0n) is 15.2. The van der Waals surface area contributed by atoms with Crippen LogP contribution in [0.15, 0.2) is 41.3 Å². The number of thioether (sulfide) groups is 1. The van der Waals surface area contributed by atoms with Crippen molar-refractivity contribution in [3.63, 3.8) is 0 Å². The zero-order chi connectivity index (χ0) is 19.4. The van der Waals surface area contributed by atoms with Gasteiger partial charge >= 0.3 is 6.09 Å². The summed E-state index contributed by atoms with van der Waals surface area (Å²) >= 11 is 14.0. The Kier molecular flexibility index (Phi) is 6.45. The largest absolute Gasteiger partial charge is 0.494 e. The van der Waals surface area contributed by atoms with E-state index in [0.29, 0.717) is 23.1 Å². The molecule has 0 fully saturated rings. The van der Waals surface area contributed by atoms with Gasteiger partial charge in [-0.1, -0.05) is 23.2 Å². The van der Waals surface area contributed by atoms with Gasteiger partial charge in [0.15, 0.2) is 0 Å². The summed E-state index contributed by atoms with van der Waals surface area (Å²) in [5, 5.41) is 3.86. The molecule has 2 aromatic carbocycles. The highest BCUT2D eigenvalue weighted by Gasteiger charge is 2.35. The van der Waals surface area contributed by atoms with Gasteiger partial charge in [0, 0.05) is 21.5 Å². The number of halogens is 2. The Hall–Kier alpha value is -1.56. The fourth-order valence-corrected chi connectivity index (χ4v) is 4.09. The van der Waals surface area contributed by atoms with Gasteiger partial charge in [0.05, 0.1) is 17.3 Å². The first kappa shape index (κ1) is 20.2. The van der Waals surface area contributed by atoms with Crippen molar-refractivity contribution in [3.8, 4) is 5.75 Å². The molecule has 4 nitrogen and oxygen atoms in total. The van der Waals surface area contributed by atoms with E-state index in [1.165, 1.54) is 4.90 Å². The summed E-state index contributed by atoms with van der Waals surface area (Å²) in [5.41, 5.74) is 0.642. The van der Waals surface area contributed by atoms with E-state index < -0.39 is 11.7 Å². The van der Waals surface area contributed by atoms with Gasteiger partial charge in [0.25, 0.3) is 0 Å². The lowest BCUT2D eigenvalue weighted by Gasteiger charge is -2.33. The van der Waals surface area contributed by atoms with E-state index in [9.17, 15) is 4.79 Å². The van der Waals surface area contributed by atoms with E-state index in [1.54, 1.807) is 17.8 Å². The van der Waals surface area contributed by atoms with E-state index in [1.807, 2.05) is 44.2 Å². The quantitative estimate of drug-likeness (QED) is 0.393. The molecule has 1 N–H and O–H groups in total. The number of carbonyl (C=O) groups is 1. The maximum atomic E-state index is 11.6. The number of anilines is 1. The highest BCUT2D eigenvalue weighted by molar-refractivity contribution is 7.99. The predicted octanol–water partition coefficient (Wildman–Crippen LogP) is 6.74. The molecule has 0 unspecified atom stereocenters. The average molecular weight is 426 g/mol. The fraction of sp³-hybridized carbons (Fsp3) is 0.350. The summed E-state index contributed by atoms with van der Waals surface area (Å²) in [6.07, 6.45) is 1.48.